The number of ether oxygens (including phenoxy) is 4. The number of hydrogen-bond acceptors (Lipinski definition) is 5. The van der Waals surface area contributed by atoms with Gasteiger partial charge in [0.1, 0.15) is 12.4 Å². The summed E-state index contributed by atoms with van der Waals surface area (Å²) in [5.41, 5.74) is 0. The van der Waals surface area contributed by atoms with Crippen LogP contribution in [0.25, 0.3) is 0 Å². The molecule has 25 heavy (non-hydrogen) atoms. The largest absolute Gasteiger partial charge is 0.492 e. The fraction of sp³-hybridized carbons (Fsp3) is 0.278. The summed E-state index contributed by atoms with van der Waals surface area (Å²) in [5, 5.41) is 2.68. The molecule has 0 bridgehead atoms. The molecule has 0 aliphatic carbocycles. The minimum atomic E-state index is -0.817. The van der Waals surface area contributed by atoms with Crippen molar-refractivity contribution in [3.63, 3.8) is 0 Å². The number of nitrogens with one attached hydrogen (secondary N) is 1. The average Bonchev–Trinajstić information content (AvgIpc) is 3.08. The summed E-state index contributed by atoms with van der Waals surface area (Å²) in [5.74, 6) is 1.12. The van der Waals surface area contributed by atoms with Crippen molar-refractivity contribution in [1.82, 2.24) is 5.32 Å². The highest BCUT2D eigenvalue weighted by atomic mass is 19.1. The van der Waals surface area contributed by atoms with E-state index in [1.54, 1.807) is 37.3 Å². The van der Waals surface area contributed by atoms with Gasteiger partial charge in [0.2, 0.25) is 6.79 Å². The monoisotopic (exact) mass is 347 g/mol. The third-order valence-corrected chi connectivity index (χ3v) is 3.52. The molecule has 1 N–H and O–H groups in total. The maximum atomic E-state index is 13.5. The zero-order chi connectivity index (χ0) is 17.6. The summed E-state index contributed by atoms with van der Waals surface area (Å²) >= 11 is 0. The van der Waals surface area contributed by atoms with Crippen LogP contribution in [0.15, 0.2) is 42.5 Å². The van der Waals surface area contributed by atoms with E-state index in [-0.39, 0.29) is 31.6 Å². The highest BCUT2D eigenvalue weighted by Crippen LogP contribution is 2.34. The predicted molar refractivity (Wildman–Crippen MR) is 87.6 cm³/mol. The smallest absolute Gasteiger partial charge is 0.260 e. The van der Waals surface area contributed by atoms with E-state index in [0.29, 0.717) is 17.2 Å². The molecule has 0 aromatic heterocycles. The van der Waals surface area contributed by atoms with Crippen molar-refractivity contribution in [1.29, 1.82) is 0 Å². The van der Waals surface area contributed by atoms with Crippen LogP contribution in [-0.2, 0) is 4.79 Å². The third-order valence-electron chi connectivity index (χ3n) is 3.52. The molecular formula is C18H18FNO5. The average molecular weight is 347 g/mol. The number of hydrogen-bond donors (Lipinski definition) is 1. The molecule has 1 atom stereocenters. The maximum absolute atomic E-state index is 13.5. The van der Waals surface area contributed by atoms with Crippen LogP contribution in [0, 0.1) is 5.82 Å². The summed E-state index contributed by atoms with van der Waals surface area (Å²) in [6, 6.07) is 11.2. The fourth-order valence-electron chi connectivity index (χ4n) is 2.24. The molecule has 3 rings (SSSR count). The lowest BCUT2D eigenvalue weighted by Crippen LogP contribution is -2.38. The van der Waals surface area contributed by atoms with Crippen molar-refractivity contribution >= 4 is 5.91 Å². The molecule has 0 spiro atoms. The Balaban J connectivity index is 1.41. The molecule has 7 heteroatoms. The highest BCUT2D eigenvalue weighted by Gasteiger charge is 2.16. The third kappa shape index (κ3) is 4.32. The van der Waals surface area contributed by atoms with Crippen molar-refractivity contribution in [2.45, 2.75) is 13.0 Å². The first-order valence-electron chi connectivity index (χ1n) is 7.85. The van der Waals surface area contributed by atoms with Crippen LogP contribution in [0.2, 0.25) is 0 Å². The van der Waals surface area contributed by atoms with E-state index >= 15 is 0 Å². The van der Waals surface area contributed by atoms with Crippen molar-refractivity contribution < 1.29 is 28.1 Å². The first-order chi connectivity index (χ1) is 12.1. The number of carbonyl (C=O) groups excluding carboxylic acids is 1. The van der Waals surface area contributed by atoms with Gasteiger partial charge in [0, 0.05) is 6.07 Å². The van der Waals surface area contributed by atoms with Crippen LogP contribution in [0.4, 0.5) is 4.39 Å². The minimum Gasteiger partial charge on any atom is -0.492 e. The normalized spacial score (nSPS) is 13.2. The summed E-state index contributed by atoms with van der Waals surface area (Å²) in [7, 11) is 0. The van der Waals surface area contributed by atoms with Crippen LogP contribution in [0.5, 0.6) is 23.0 Å². The first-order valence-corrected chi connectivity index (χ1v) is 7.85. The molecule has 1 amide bonds. The Morgan fingerprint density at radius 1 is 1.24 bits per heavy atom. The number of carbonyl (C=O) groups is 1. The van der Waals surface area contributed by atoms with E-state index in [1.807, 2.05) is 0 Å². The van der Waals surface area contributed by atoms with Crippen LogP contribution < -0.4 is 24.3 Å². The van der Waals surface area contributed by atoms with Gasteiger partial charge in [0.25, 0.3) is 5.91 Å². The van der Waals surface area contributed by atoms with Crippen molar-refractivity contribution in [3.8, 4) is 23.0 Å². The Morgan fingerprint density at radius 3 is 2.88 bits per heavy atom. The molecule has 2 aromatic carbocycles. The number of amides is 1. The van der Waals surface area contributed by atoms with Gasteiger partial charge in [0.05, 0.1) is 6.54 Å². The fourth-order valence-corrected chi connectivity index (χ4v) is 2.24. The second kappa shape index (κ2) is 7.74. The summed E-state index contributed by atoms with van der Waals surface area (Å²) < 4.78 is 34.8. The van der Waals surface area contributed by atoms with Gasteiger partial charge >= 0.3 is 0 Å². The van der Waals surface area contributed by atoms with Crippen molar-refractivity contribution in [3.05, 3.63) is 48.3 Å². The van der Waals surface area contributed by atoms with Gasteiger partial charge in [-0.3, -0.25) is 4.79 Å². The molecule has 0 radical (unpaired) electrons. The van der Waals surface area contributed by atoms with Gasteiger partial charge < -0.3 is 24.3 Å². The lowest BCUT2D eigenvalue weighted by atomic mass is 10.3. The Labute approximate surface area is 144 Å². The molecular weight excluding hydrogens is 329 g/mol. The molecule has 0 saturated carbocycles. The van der Waals surface area contributed by atoms with E-state index < -0.39 is 11.9 Å². The second-order valence-electron chi connectivity index (χ2n) is 5.35. The van der Waals surface area contributed by atoms with Crippen LogP contribution in [0.1, 0.15) is 6.92 Å². The summed E-state index contributed by atoms with van der Waals surface area (Å²) in [4.78, 5) is 12.0. The molecule has 132 valence electrons. The van der Waals surface area contributed by atoms with E-state index in [0.717, 1.165) is 0 Å². The number of fused-ring (bicyclic) bond motifs is 1. The quantitative estimate of drug-likeness (QED) is 0.780. The van der Waals surface area contributed by atoms with Gasteiger partial charge in [-0.1, -0.05) is 12.1 Å². The molecule has 0 saturated heterocycles. The van der Waals surface area contributed by atoms with E-state index in [2.05, 4.69) is 5.32 Å². The summed E-state index contributed by atoms with van der Waals surface area (Å²) in [6.45, 7) is 2.32. The SMILES string of the molecule is C[C@@H](Oc1ccccc1F)C(=O)NCCOc1ccc2c(c1)OCO2. The predicted octanol–water partition coefficient (Wildman–Crippen LogP) is 2.52. The van der Waals surface area contributed by atoms with Crippen LogP contribution >= 0.6 is 0 Å². The maximum Gasteiger partial charge on any atom is 0.260 e. The number of rotatable bonds is 7. The highest BCUT2D eigenvalue weighted by molar-refractivity contribution is 5.80. The number of halogens is 1. The Morgan fingerprint density at radius 2 is 2.04 bits per heavy atom. The zero-order valence-corrected chi connectivity index (χ0v) is 13.7. The Bertz CT molecular complexity index is 752. The molecule has 1 aliphatic heterocycles. The molecule has 2 aromatic rings. The Kier molecular flexibility index (Phi) is 5.23. The first kappa shape index (κ1) is 16.9. The zero-order valence-electron chi connectivity index (χ0n) is 13.7. The minimum absolute atomic E-state index is 0.0433. The van der Waals surface area contributed by atoms with Gasteiger partial charge in [-0.15, -0.1) is 0 Å². The Hall–Kier alpha value is -2.96. The van der Waals surface area contributed by atoms with E-state index in [1.165, 1.54) is 12.1 Å². The van der Waals surface area contributed by atoms with Gasteiger partial charge in [-0.2, -0.15) is 0 Å². The molecule has 1 heterocycles. The lowest BCUT2D eigenvalue weighted by Gasteiger charge is -2.15. The van der Waals surface area contributed by atoms with Gasteiger partial charge in [0.15, 0.2) is 29.2 Å². The van der Waals surface area contributed by atoms with Crippen molar-refractivity contribution in [2.75, 3.05) is 19.9 Å². The topological polar surface area (TPSA) is 66.0 Å². The van der Waals surface area contributed by atoms with Crippen LogP contribution in [0.3, 0.4) is 0 Å². The molecule has 1 aliphatic rings. The molecule has 0 unspecified atom stereocenters. The van der Waals surface area contributed by atoms with Gasteiger partial charge in [-0.25, -0.2) is 4.39 Å². The number of para-hydroxylation sites is 1. The van der Waals surface area contributed by atoms with E-state index in [9.17, 15) is 9.18 Å². The van der Waals surface area contributed by atoms with E-state index in [4.69, 9.17) is 18.9 Å². The molecule has 6 nitrogen and oxygen atoms in total. The lowest BCUT2D eigenvalue weighted by molar-refractivity contribution is -0.127. The number of benzene rings is 2. The molecule has 0 fully saturated rings. The van der Waals surface area contributed by atoms with Crippen LogP contribution in [-0.4, -0.2) is 32.0 Å². The summed E-state index contributed by atoms with van der Waals surface area (Å²) in [6.07, 6.45) is -0.817. The standard InChI is InChI=1S/C18H18FNO5/c1-12(25-15-5-3-2-4-14(15)19)18(21)20-8-9-22-13-6-7-16-17(10-13)24-11-23-16/h2-7,10,12H,8-9,11H2,1H3,(H,20,21)/t12-/m1/s1. The van der Waals surface area contributed by atoms with Gasteiger partial charge in [-0.05, 0) is 31.2 Å². The second-order valence-corrected chi connectivity index (χ2v) is 5.35. The van der Waals surface area contributed by atoms with Crippen molar-refractivity contribution in [2.24, 2.45) is 0 Å².